The number of furan rings is 1. The summed E-state index contributed by atoms with van der Waals surface area (Å²) in [7, 11) is 0. The van der Waals surface area contributed by atoms with Crippen LogP contribution in [0, 0.1) is 0 Å². The van der Waals surface area contributed by atoms with Crippen LogP contribution in [0.1, 0.15) is 0 Å². The van der Waals surface area contributed by atoms with E-state index in [-0.39, 0.29) is 0 Å². The summed E-state index contributed by atoms with van der Waals surface area (Å²) in [6.07, 6.45) is 0. The summed E-state index contributed by atoms with van der Waals surface area (Å²) in [4.78, 5) is 15.0. The lowest BCUT2D eigenvalue weighted by Gasteiger charge is -2.11. The molecular formula is C45H28N4O. The standard InChI is InChI=1S/C45H28N4O/c1-3-12-29(13-4-1)32-16-11-17-33(28-32)45-47-43(30-14-5-2-6-15-30)46-44(48-45)31-22-24-34(25-23-31)49-39-20-9-7-18-35(39)37-26-27-38-36-19-8-10-21-40(36)50-42(38)41(37)49/h1-28H. The first-order valence-corrected chi connectivity index (χ1v) is 16.7. The third-order valence-electron chi connectivity index (χ3n) is 9.46. The molecule has 0 amide bonds. The van der Waals surface area contributed by atoms with Crippen LogP contribution in [0.3, 0.4) is 0 Å². The van der Waals surface area contributed by atoms with Crippen molar-refractivity contribution in [2.24, 2.45) is 0 Å². The lowest BCUT2D eigenvalue weighted by Crippen LogP contribution is -2.00. The zero-order valence-corrected chi connectivity index (χ0v) is 26.9. The van der Waals surface area contributed by atoms with Crippen LogP contribution in [0.4, 0.5) is 0 Å². The molecule has 0 atom stereocenters. The van der Waals surface area contributed by atoms with Gasteiger partial charge in [-0.05, 0) is 59.7 Å². The maximum Gasteiger partial charge on any atom is 0.164 e. The average molecular weight is 641 g/mol. The van der Waals surface area contributed by atoms with Crippen molar-refractivity contribution >= 4 is 43.7 Å². The van der Waals surface area contributed by atoms with Crippen molar-refractivity contribution in [1.82, 2.24) is 19.5 Å². The van der Waals surface area contributed by atoms with Crippen LogP contribution in [0.5, 0.6) is 0 Å². The largest absolute Gasteiger partial charge is 0.454 e. The van der Waals surface area contributed by atoms with Gasteiger partial charge in [-0.25, -0.2) is 15.0 Å². The second-order valence-corrected chi connectivity index (χ2v) is 12.5. The summed E-state index contributed by atoms with van der Waals surface area (Å²) < 4.78 is 8.86. The Labute approximate surface area is 287 Å². The van der Waals surface area contributed by atoms with Gasteiger partial charge in [0.05, 0.1) is 11.0 Å². The third-order valence-corrected chi connectivity index (χ3v) is 9.46. The Balaban J connectivity index is 1.13. The SMILES string of the molecule is c1ccc(-c2cccc(-c3nc(-c4ccccc4)nc(-c4ccc(-n5c6ccccc6c6ccc7c8ccccc8oc7c65)cc4)n3)c2)cc1. The van der Waals surface area contributed by atoms with E-state index in [2.05, 4.69) is 126 Å². The second-order valence-electron chi connectivity index (χ2n) is 12.5. The maximum absolute atomic E-state index is 6.55. The van der Waals surface area contributed by atoms with Crippen LogP contribution in [-0.2, 0) is 0 Å². The summed E-state index contributed by atoms with van der Waals surface area (Å²) in [5, 5.41) is 4.56. The highest BCUT2D eigenvalue weighted by atomic mass is 16.3. The van der Waals surface area contributed by atoms with Crippen LogP contribution in [0.15, 0.2) is 174 Å². The van der Waals surface area contributed by atoms with E-state index in [0.717, 1.165) is 71.9 Å². The molecule has 0 saturated carbocycles. The number of hydrogen-bond acceptors (Lipinski definition) is 4. The Bertz CT molecular complexity index is 2850. The van der Waals surface area contributed by atoms with Crippen molar-refractivity contribution < 1.29 is 4.42 Å². The highest BCUT2D eigenvalue weighted by Gasteiger charge is 2.19. The molecule has 10 aromatic rings. The Hall–Kier alpha value is -6.85. The quantitative estimate of drug-likeness (QED) is 0.188. The molecule has 234 valence electrons. The third kappa shape index (κ3) is 4.60. The fourth-order valence-corrected chi connectivity index (χ4v) is 7.08. The van der Waals surface area contributed by atoms with Gasteiger partial charge < -0.3 is 8.98 Å². The molecule has 3 aromatic heterocycles. The molecule has 7 aromatic carbocycles. The molecule has 0 radical (unpaired) electrons. The number of nitrogens with zero attached hydrogens (tertiary/aromatic N) is 4. The first-order valence-electron chi connectivity index (χ1n) is 16.7. The van der Waals surface area contributed by atoms with Gasteiger partial charge in [-0.15, -0.1) is 0 Å². The zero-order valence-electron chi connectivity index (χ0n) is 26.9. The molecule has 5 nitrogen and oxygen atoms in total. The van der Waals surface area contributed by atoms with E-state index in [0.29, 0.717) is 17.5 Å². The fraction of sp³-hybridized carbons (Fsp3) is 0. The first-order chi connectivity index (χ1) is 24.8. The maximum atomic E-state index is 6.55. The van der Waals surface area contributed by atoms with Gasteiger partial charge in [-0.1, -0.05) is 121 Å². The number of fused-ring (bicyclic) bond motifs is 7. The minimum Gasteiger partial charge on any atom is -0.454 e. The van der Waals surface area contributed by atoms with Crippen molar-refractivity contribution in [2.75, 3.05) is 0 Å². The minimum atomic E-state index is 0.618. The van der Waals surface area contributed by atoms with Crippen LogP contribution in [0.25, 0.3) is 94.7 Å². The monoisotopic (exact) mass is 640 g/mol. The minimum absolute atomic E-state index is 0.618. The van der Waals surface area contributed by atoms with Gasteiger partial charge in [0.2, 0.25) is 0 Å². The topological polar surface area (TPSA) is 56.7 Å². The number of rotatable bonds is 5. The Morgan fingerprint density at radius 1 is 0.380 bits per heavy atom. The second kappa shape index (κ2) is 11.4. The normalized spacial score (nSPS) is 11.6. The average Bonchev–Trinajstić information content (AvgIpc) is 3.75. The summed E-state index contributed by atoms with van der Waals surface area (Å²) in [6, 6.07) is 58.5. The van der Waals surface area contributed by atoms with Gasteiger partial charge in [-0.2, -0.15) is 0 Å². The number of benzene rings is 7. The van der Waals surface area contributed by atoms with E-state index in [1.54, 1.807) is 0 Å². The lowest BCUT2D eigenvalue weighted by molar-refractivity contribution is 0.671. The summed E-state index contributed by atoms with van der Waals surface area (Å²) >= 11 is 0. The van der Waals surface area contributed by atoms with Gasteiger partial charge in [0.25, 0.3) is 0 Å². The molecule has 0 spiro atoms. The van der Waals surface area contributed by atoms with E-state index in [1.165, 1.54) is 5.39 Å². The molecule has 0 N–H and O–H groups in total. The molecule has 50 heavy (non-hydrogen) atoms. The van der Waals surface area contributed by atoms with Crippen molar-refractivity contribution in [1.29, 1.82) is 0 Å². The van der Waals surface area contributed by atoms with Crippen molar-refractivity contribution in [3.05, 3.63) is 170 Å². The van der Waals surface area contributed by atoms with E-state index in [9.17, 15) is 0 Å². The molecule has 0 aliphatic heterocycles. The van der Waals surface area contributed by atoms with E-state index < -0.39 is 0 Å². The predicted molar refractivity (Wildman–Crippen MR) is 203 cm³/mol. The lowest BCUT2D eigenvalue weighted by atomic mass is 10.0. The van der Waals surface area contributed by atoms with Gasteiger partial charge in [0, 0.05) is 43.9 Å². The molecule has 0 unspecified atom stereocenters. The van der Waals surface area contributed by atoms with Gasteiger partial charge in [0.1, 0.15) is 5.58 Å². The van der Waals surface area contributed by atoms with E-state index in [1.807, 2.05) is 48.5 Å². The molecular weight excluding hydrogens is 613 g/mol. The van der Waals surface area contributed by atoms with Crippen LogP contribution in [0.2, 0.25) is 0 Å². The van der Waals surface area contributed by atoms with Gasteiger partial charge in [0.15, 0.2) is 23.1 Å². The smallest absolute Gasteiger partial charge is 0.164 e. The van der Waals surface area contributed by atoms with Gasteiger partial charge in [-0.3, -0.25) is 0 Å². The van der Waals surface area contributed by atoms with Crippen molar-refractivity contribution in [2.45, 2.75) is 0 Å². The molecule has 0 aliphatic rings. The van der Waals surface area contributed by atoms with Crippen molar-refractivity contribution in [3.8, 4) is 51.0 Å². The van der Waals surface area contributed by atoms with Gasteiger partial charge >= 0.3 is 0 Å². The molecule has 0 saturated heterocycles. The number of aromatic nitrogens is 4. The molecule has 0 aliphatic carbocycles. The summed E-state index contributed by atoms with van der Waals surface area (Å²) in [5.74, 6) is 1.88. The molecule has 3 heterocycles. The van der Waals surface area contributed by atoms with Crippen LogP contribution < -0.4 is 0 Å². The van der Waals surface area contributed by atoms with Crippen LogP contribution in [-0.4, -0.2) is 19.5 Å². The number of hydrogen-bond donors (Lipinski definition) is 0. The highest BCUT2D eigenvalue weighted by molar-refractivity contribution is 6.21. The number of para-hydroxylation sites is 2. The van der Waals surface area contributed by atoms with E-state index in [4.69, 9.17) is 19.4 Å². The summed E-state index contributed by atoms with van der Waals surface area (Å²) in [5.41, 5.74) is 10.0. The van der Waals surface area contributed by atoms with Crippen molar-refractivity contribution in [3.63, 3.8) is 0 Å². The molecule has 5 heteroatoms. The molecule has 0 fully saturated rings. The fourth-order valence-electron chi connectivity index (χ4n) is 7.08. The predicted octanol–water partition coefficient (Wildman–Crippen LogP) is 11.5. The molecule has 0 bridgehead atoms. The Kier molecular flexibility index (Phi) is 6.42. The Morgan fingerprint density at radius 3 is 1.70 bits per heavy atom. The highest BCUT2D eigenvalue weighted by Crippen LogP contribution is 2.40. The summed E-state index contributed by atoms with van der Waals surface area (Å²) in [6.45, 7) is 0. The van der Waals surface area contributed by atoms with E-state index >= 15 is 0 Å². The first kappa shape index (κ1) is 28.2. The van der Waals surface area contributed by atoms with Crippen LogP contribution >= 0.6 is 0 Å². The zero-order chi connectivity index (χ0) is 33.0. The molecule has 10 rings (SSSR count). The Morgan fingerprint density at radius 2 is 0.940 bits per heavy atom.